The normalized spacial score (nSPS) is 14.9. The van der Waals surface area contributed by atoms with Crippen molar-refractivity contribution in [2.75, 3.05) is 31.2 Å². The number of halogens is 5. The van der Waals surface area contributed by atoms with Crippen molar-refractivity contribution in [3.8, 4) is 0 Å². The first-order chi connectivity index (χ1) is 14.7. The maximum Gasteiger partial charge on any atom is 0.449 e. The number of rotatable bonds is 4. The van der Waals surface area contributed by atoms with Crippen LogP contribution in [-0.4, -0.2) is 41.8 Å². The van der Waals surface area contributed by atoms with Crippen molar-refractivity contribution in [1.82, 2.24) is 9.55 Å². The number of carbonyl (C=O) groups excluding carboxylic acids is 1. The van der Waals surface area contributed by atoms with E-state index in [9.17, 15) is 18.0 Å². The number of ether oxygens (including phenoxy) is 1. The van der Waals surface area contributed by atoms with E-state index < -0.39 is 17.9 Å². The van der Waals surface area contributed by atoms with Gasteiger partial charge in [0.05, 0.1) is 40.9 Å². The van der Waals surface area contributed by atoms with E-state index in [4.69, 9.17) is 33.7 Å². The van der Waals surface area contributed by atoms with Gasteiger partial charge in [0.1, 0.15) is 5.52 Å². The number of alkyl halides is 3. The number of amides is 1. The molecule has 11 heteroatoms. The molecule has 1 amide bonds. The van der Waals surface area contributed by atoms with Crippen LogP contribution in [-0.2, 0) is 17.5 Å². The van der Waals surface area contributed by atoms with E-state index in [0.717, 1.165) is 4.57 Å². The molecule has 0 radical (unpaired) electrons. The first kappa shape index (κ1) is 21.7. The Morgan fingerprint density at radius 2 is 1.90 bits per heavy atom. The zero-order valence-electron chi connectivity index (χ0n) is 16.0. The van der Waals surface area contributed by atoms with Crippen LogP contribution < -0.4 is 10.6 Å². The van der Waals surface area contributed by atoms with Gasteiger partial charge in [-0.05, 0) is 23.8 Å². The number of hydrogen-bond donors (Lipinski definition) is 1. The van der Waals surface area contributed by atoms with Gasteiger partial charge in [-0.15, -0.1) is 0 Å². The number of primary amides is 1. The molecule has 164 valence electrons. The van der Waals surface area contributed by atoms with Gasteiger partial charge in [-0.3, -0.25) is 4.79 Å². The number of nitrogens with zero attached hydrogens (tertiary/aromatic N) is 3. The van der Waals surface area contributed by atoms with Crippen molar-refractivity contribution >= 4 is 45.8 Å². The van der Waals surface area contributed by atoms with Crippen LogP contribution in [0.3, 0.4) is 0 Å². The van der Waals surface area contributed by atoms with Crippen LogP contribution in [0, 0.1) is 0 Å². The Labute approximate surface area is 185 Å². The minimum absolute atomic E-state index is 0.0829. The predicted molar refractivity (Wildman–Crippen MR) is 112 cm³/mol. The fourth-order valence-electron chi connectivity index (χ4n) is 3.62. The van der Waals surface area contributed by atoms with Crippen LogP contribution in [0.15, 0.2) is 30.3 Å². The molecule has 1 fully saturated rings. The molecule has 2 aromatic carbocycles. The third kappa shape index (κ3) is 4.17. The molecule has 3 aromatic rings. The summed E-state index contributed by atoms with van der Waals surface area (Å²) in [5.74, 6) is -2.01. The maximum absolute atomic E-state index is 13.9. The molecule has 31 heavy (non-hydrogen) atoms. The Morgan fingerprint density at radius 1 is 1.19 bits per heavy atom. The number of aromatic nitrogens is 2. The number of anilines is 1. The molecule has 0 spiro atoms. The summed E-state index contributed by atoms with van der Waals surface area (Å²) in [6.07, 6.45) is -4.77. The van der Waals surface area contributed by atoms with Gasteiger partial charge in [0.2, 0.25) is 5.82 Å². The highest BCUT2D eigenvalue weighted by Gasteiger charge is 2.38. The van der Waals surface area contributed by atoms with Crippen LogP contribution in [0.25, 0.3) is 11.0 Å². The monoisotopic (exact) mass is 472 g/mol. The second kappa shape index (κ2) is 8.22. The Kier molecular flexibility index (Phi) is 5.76. The van der Waals surface area contributed by atoms with Gasteiger partial charge in [0, 0.05) is 18.8 Å². The Hall–Kier alpha value is -2.49. The lowest BCUT2D eigenvalue weighted by atomic mass is 10.1. The van der Waals surface area contributed by atoms with Gasteiger partial charge >= 0.3 is 6.18 Å². The highest BCUT2D eigenvalue weighted by molar-refractivity contribution is 6.42. The molecule has 4 rings (SSSR count). The van der Waals surface area contributed by atoms with Gasteiger partial charge < -0.3 is 19.9 Å². The first-order valence-corrected chi connectivity index (χ1v) is 10.1. The van der Waals surface area contributed by atoms with Crippen molar-refractivity contribution < 1.29 is 22.7 Å². The molecule has 1 aromatic heterocycles. The number of morpholine rings is 1. The second-order valence-corrected chi connectivity index (χ2v) is 7.84. The Morgan fingerprint density at radius 3 is 2.55 bits per heavy atom. The number of carbonyl (C=O) groups is 1. The minimum atomic E-state index is -4.77. The van der Waals surface area contributed by atoms with Gasteiger partial charge in [0.15, 0.2) is 0 Å². The number of fused-ring (bicyclic) bond motifs is 1. The lowest BCUT2D eigenvalue weighted by Crippen LogP contribution is -2.36. The zero-order chi connectivity index (χ0) is 22.3. The quantitative estimate of drug-likeness (QED) is 0.612. The standard InChI is InChI=1S/C20H17Cl2F3N4O2/c21-14-3-1-2-11(16(14)22)10-29-15-9-12(28-4-6-31-7-5-28)8-13(18(26)30)17(15)27-19(29)20(23,24)25/h1-3,8-9H,4-7,10H2,(H2,26,30). The molecular weight excluding hydrogens is 456 g/mol. The van der Waals surface area contributed by atoms with E-state index >= 15 is 0 Å². The summed E-state index contributed by atoms with van der Waals surface area (Å²) in [5.41, 5.74) is 6.37. The largest absolute Gasteiger partial charge is 0.449 e. The SMILES string of the molecule is NC(=O)c1cc(N2CCOCC2)cc2c1nc(C(F)(F)F)n2Cc1cccc(Cl)c1Cl. The zero-order valence-corrected chi connectivity index (χ0v) is 17.6. The molecule has 0 aliphatic carbocycles. The predicted octanol–water partition coefficient (Wildman–Crippen LogP) is 4.35. The van der Waals surface area contributed by atoms with Gasteiger partial charge in [-0.2, -0.15) is 13.2 Å². The average molecular weight is 473 g/mol. The van der Waals surface area contributed by atoms with Gasteiger partial charge in [0.25, 0.3) is 5.91 Å². The summed E-state index contributed by atoms with van der Waals surface area (Å²) in [4.78, 5) is 17.8. The average Bonchev–Trinajstić information content (AvgIpc) is 3.10. The molecule has 1 saturated heterocycles. The van der Waals surface area contributed by atoms with E-state index in [2.05, 4.69) is 4.98 Å². The number of nitrogens with two attached hydrogens (primary N) is 1. The molecule has 0 unspecified atom stereocenters. The number of hydrogen-bond acceptors (Lipinski definition) is 4. The van der Waals surface area contributed by atoms with E-state index in [1.807, 2.05) is 4.90 Å². The van der Waals surface area contributed by atoms with Crippen molar-refractivity contribution in [3.63, 3.8) is 0 Å². The number of imidazole rings is 1. The van der Waals surface area contributed by atoms with Crippen LogP contribution in [0.1, 0.15) is 21.7 Å². The third-order valence-corrected chi connectivity index (χ3v) is 5.95. The lowest BCUT2D eigenvalue weighted by Gasteiger charge is -2.29. The fourth-order valence-corrected chi connectivity index (χ4v) is 4.00. The number of benzene rings is 2. The summed E-state index contributed by atoms with van der Waals surface area (Å²) < 4.78 is 47.9. The highest BCUT2D eigenvalue weighted by atomic mass is 35.5. The lowest BCUT2D eigenvalue weighted by molar-refractivity contribution is -0.146. The van der Waals surface area contributed by atoms with Gasteiger partial charge in [-0.25, -0.2) is 4.98 Å². The molecular formula is C20H17Cl2F3N4O2. The van der Waals surface area contributed by atoms with Crippen LogP contribution in [0.4, 0.5) is 18.9 Å². The molecule has 0 saturated carbocycles. The van der Waals surface area contributed by atoms with E-state index in [1.165, 1.54) is 6.07 Å². The van der Waals surface area contributed by atoms with E-state index in [1.54, 1.807) is 24.3 Å². The van der Waals surface area contributed by atoms with E-state index in [0.29, 0.717) is 37.6 Å². The van der Waals surface area contributed by atoms with Crippen molar-refractivity contribution in [2.45, 2.75) is 12.7 Å². The summed E-state index contributed by atoms with van der Waals surface area (Å²) >= 11 is 12.3. The van der Waals surface area contributed by atoms with E-state index in [-0.39, 0.29) is 33.2 Å². The maximum atomic E-state index is 13.9. The highest BCUT2D eigenvalue weighted by Crippen LogP contribution is 2.36. The minimum Gasteiger partial charge on any atom is -0.378 e. The molecule has 1 aliphatic rings. The van der Waals surface area contributed by atoms with Crippen molar-refractivity contribution in [2.24, 2.45) is 5.73 Å². The van der Waals surface area contributed by atoms with Crippen LogP contribution >= 0.6 is 23.2 Å². The summed E-state index contributed by atoms with van der Waals surface area (Å²) in [6, 6.07) is 7.78. The Balaban J connectivity index is 1.96. The molecule has 1 aliphatic heterocycles. The molecule has 2 N–H and O–H groups in total. The molecule has 2 heterocycles. The summed E-state index contributed by atoms with van der Waals surface area (Å²) in [5, 5.41) is 0.377. The topological polar surface area (TPSA) is 73.4 Å². The molecule has 6 nitrogen and oxygen atoms in total. The van der Waals surface area contributed by atoms with Crippen LogP contribution in [0.2, 0.25) is 10.0 Å². The first-order valence-electron chi connectivity index (χ1n) is 9.33. The third-order valence-electron chi connectivity index (χ3n) is 5.09. The Bertz CT molecular complexity index is 1160. The smallest absolute Gasteiger partial charge is 0.378 e. The summed E-state index contributed by atoms with van der Waals surface area (Å²) in [7, 11) is 0. The van der Waals surface area contributed by atoms with Crippen molar-refractivity contribution in [1.29, 1.82) is 0 Å². The molecule has 0 bridgehead atoms. The van der Waals surface area contributed by atoms with Gasteiger partial charge in [-0.1, -0.05) is 35.3 Å². The second-order valence-electron chi connectivity index (χ2n) is 7.06. The fraction of sp³-hybridized carbons (Fsp3) is 0.300. The summed E-state index contributed by atoms with van der Waals surface area (Å²) in [6.45, 7) is 1.76. The van der Waals surface area contributed by atoms with Crippen molar-refractivity contribution in [3.05, 3.63) is 57.3 Å². The van der Waals surface area contributed by atoms with Crippen LogP contribution in [0.5, 0.6) is 0 Å². The molecule has 0 atom stereocenters.